The average molecular weight is 385 g/mol. The summed E-state index contributed by atoms with van der Waals surface area (Å²) in [5, 5.41) is 18.9. The lowest BCUT2D eigenvalue weighted by molar-refractivity contribution is 0.295. The molecular formula is C24H36N2O2. The van der Waals surface area contributed by atoms with Crippen molar-refractivity contribution in [2.24, 2.45) is 0 Å². The molecule has 0 radical (unpaired) electrons. The third-order valence-electron chi connectivity index (χ3n) is 4.83. The zero-order chi connectivity index (χ0) is 20.5. The maximum Gasteiger partial charge on any atom is 0.138 e. The van der Waals surface area contributed by atoms with Gasteiger partial charge in [0.15, 0.2) is 0 Å². The lowest BCUT2D eigenvalue weighted by atomic mass is 10.1. The minimum atomic E-state index is 0.433. The molecule has 0 spiro atoms. The average Bonchev–Trinajstić information content (AvgIpc) is 2.72. The molecule has 0 fully saturated rings. The minimum absolute atomic E-state index is 0.433. The van der Waals surface area contributed by atoms with E-state index in [0.717, 1.165) is 25.7 Å². The second-order valence-electron chi connectivity index (χ2n) is 7.30. The van der Waals surface area contributed by atoms with Crippen LogP contribution in [0.1, 0.15) is 102 Å². The smallest absolute Gasteiger partial charge is 0.138 e. The van der Waals surface area contributed by atoms with Crippen molar-refractivity contribution < 1.29 is 9.47 Å². The summed E-state index contributed by atoms with van der Waals surface area (Å²) in [6, 6.07) is 7.62. The molecular weight excluding hydrogens is 348 g/mol. The van der Waals surface area contributed by atoms with Crippen molar-refractivity contribution in [3.63, 3.8) is 0 Å². The summed E-state index contributed by atoms with van der Waals surface area (Å²) in [5.74, 6) is 0.971. The number of nitrogens with zero attached hydrogens (tertiary/aromatic N) is 2. The first-order valence-corrected chi connectivity index (χ1v) is 11.0. The van der Waals surface area contributed by atoms with Gasteiger partial charge in [-0.25, -0.2) is 0 Å². The number of nitriles is 2. The molecule has 0 N–H and O–H groups in total. The van der Waals surface area contributed by atoms with Crippen molar-refractivity contribution >= 4 is 0 Å². The van der Waals surface area contributed by atoms with E-state index in [1.807, 2.05) is 0 Å². The van der Waals surface area contributed by atoms with E-state index in [1.54, 1.807) is 12.1 Å². The molecule has 4 heteroatoms. The van der Waals surface area contributed by atoms with Crippen LogP contribution in [-0.2, 0) is 0 Å². The fourth-order valence-corrected chi connectivity index (χ4v) is 3.10. The maximum atomic E-state index is 9.43. The third-order valence-corrected chi connectivity index (χ3v) is 4.83. The Morgan fingerprint density at radius 1 is 0.607 bits per heavy atom. The van der Waals surface area contributed by atoms with Gasteiger partial charge in [-0.15, -0.1) is 0 Å². The Bertz CT molecular complexity index is 573. The summed E-state index contributed by atoms with van der Waals surface area (Å²) >= 11 is 0. The fraction of sp³-hybridized carbons (Fsp3) is 0.667. The Balaban J connectivity index is 2.49. The van der Waals surface area contributed by atoms with E-state index >= 15 is 0 Å². The van der Waals surface area contributed by atoms with Crippen molar-refractivity contribution in [2.75, 3.05) is 13.2 Å². The summed E-state index contributed by atoms with van der Waals surface area (Å²) in [5.41, 5.74) is 0.867. The van der Waals surface area contributed by atoms with E-state index in [-0.39, 0.29) is 0 Å². The van der Waals surface area contributed by atoms with Gasteiger partial charge in [0.2, 0.25) is 0 Å². The molecule has 1 aromatic carbocycles. The second kappa shape index (κ2) is 15.8. The van der Waals surface area contributed by atoms with Crippen LogP contribution in [0.15, 0.2) is 12.1 Å². The molecule has 0 aliphatic rings. The van der Waals surface area contributed by atoms with Crippen molar-refractivity contribution in [3.05, 3.63) is 23.3 Å². The molecule has 0 amide bonds. The van der Waals surface area contributed by atoms with Gasteiger partial charge in [0.25, 0.3) is 0 Å². The van der Waals surface area contributed by atoms with Crippen LogP contribution in [0.5, 0.6) is 11.5 Å². The van der Waals surface area contributed by atoms with Crippen LogP contribution in [0.4, 0.5) is 0 Å². The summed E-state index contributed by atoms with van der Waals surface area (Å²) in [4.78, 5) is 0. The zero-order valence-electron chi connectivity index (χ0n) is 17.8. The predicted octanol–water partition coefficient (Wildman–Crippen LogP) is 6.91. The van der Waals surface area contributed by atoms with Crippen LogP contribution in [0.25, 0.3) is 0 Å². The van der Waals surface area contributed by atoms with Crippen molar-refractivity contribution in [1.82, 2.24) is 0 Å². The Labute approximate surface area is 171 Å². The topological polar surface area (TPSA) is 66.0 Å². The summed E-state index contributed by atoms with van der Waals surface area (Å²) < 4.78 is 11.6. The molecule has 4 nitrogen and oxygen atoms in total. The largest absolute Gasteiger partial charge is 0.492 e. The zero-order valence-corrected chi connectivity index (χ0v) is 17.8. The molecule has 0 heterocycles. The normalized spacial score (nSPS) is 10.3. The van der Waals surface area contributed by atoms with Crippen LogP contribution >= 0.6 is 0 Å². The molecule has 0 atom stereocenters. The highest BCUT2D eigenvalue weighted by Crippen LogP contribution is 2.29. The molecule has 0 aliphatic carbocycles. The SMILES string of the molecule is CCCCCCCCOc1cc(C#N)c(OCCCCCCCC)cc1C#N. The van der Waals surface area contributed by atoms with E-state index < -0.39 is 0 Å². The number of benzene rings is 1. The predicted molar refractivity (Wildman–Crippen MR) is 114 cm³/mol. The fourth-order valence-electron chi connectivity index (χ4n) is 3.10. The summed E-state index contributed by atoms with van der Waals surface area (Å²) in [6.07, 6.45) is 14.2. The second-order valence-corrected chi connectivity index (χ2v) is 7.30. The van der Waals surface area contributed by atoms with Gasteiger partial charge in [0.1, 0.15) is 23.6 Å². The molecule has 1 rings (SSSR count). The van der Waals surface area contributed by atoms with Gasteiger partial charge in [0, 0.05) is 12.1 Å². The monoisotopic (exact) mass is 384 g/mol. The number of unbranched alkanes of at least 4 members (excludes halogenated alkanes) is 10. The highest BCUT2D eigenvalue weighted by atomic mass is 16.5. The van der Waals surface area contributed by atoms with E-state index in [0.29, 0.717) is 35.8 Å². The molecule has 28 heavy (non-hydrogen) atoms. The number of ether oxygens (including phenoxy) is 2. The lowest BCUT2D eigenvalue weighted by Gasteiger charge is -2.12. The first-order valence-electron chi connectivity index (χ1n) is 11.0. The Kier molecular flexibility index (Phi) is 13.5. The quantitative estimate of drug-likeness (QED) is 0.290. The van der Waals surface area contributed by atoms with Gasteiger partial charge < -0.3 is 9.47 Å². The van der Waals surface area contributed by atoms with Gasteiger partial charge >= 0.3 is 0 Å². The Morgan fingerprint density at radius 2 is 0.964 bits per heavy atom. The molecule has 154 valence electrons. The van der Waals surface area contributed by atoms with Crippen molar-refractivity contribution in [2.45, 2.75) is 90.9 Å². The number of hydrogen-bond donors (Lipinski definition) is 0. The molecule has 1 aromatic rings. The van der Waals surface area contributed by atoms with Crippen LogP contribution in [0, 0.1) is 22.7 Å². The third kappa shape index (κ3) is 9.65. The van der Waals surface area contributed by atoms with Crippen LogP contribution in [0.2, 0.25) is 0 Å². The molecule has 0 aliphatic heterocycles. The lowest BCUT2D eigenvalue weighted by Crippen LogP contribution is -2.03. The minimum Gasteiger partial charge on any atom is -0.492 e. The summed E-state index contributed by atoms with van der Waals surface area (Å²) in [6.45, 7) is 5.56. The first kappa shape index (κ1) is 23.8. The van der Waals surface area contributed by atoms with Crippen LogP contribution in [-0.4, -0.2) is 13.2 Å². The van der Waals surface area contributed by atoms with E-state index in [9.17, 15) is 10.5 Å². The standard InChI is InChI=1S/C24H36N2O2/c1-3-5-7-9-11-13-15-27-23-17-22(20-26)24(18-21(23)19-25)28-16-14-12-10-8-6-4-2/h17-18H,3-16H2,1-2H3. The first-order chi connectivity index (χ1) is 13.8. The van der Waals surface area contributed by atoms with Crippen molar-refractivity contribution in [1.29, 1.82) is 10.5 Å². The number of hydrogen-bond acceptors (Lipinski definition) is 4. The Morgan fingerprint density at radius 3 is 1.32 bits per heavy atom. The highest BCUT2D eigenvalue weighted by Gasteiger charge is 2.12. The molecule has 0 unspecified atom stereocenters. The van der Waals surface area contributed by atoms with Gasteiger partial charge in [-0.2, -0.15) is 10.5 Å². The Hall–Kier alpha value is -2.20. The maximum absolute atomic E-state index is 9.43. The van der Waals surface area contributed by atoms with Gasteiger partial charge in [-0.3, -0.25) is 0 Å². The van der Waals surface area contributed by atoms with Crippen molar-refractivity contribution in [3.8, 4) is 23.6 Å². The van der Waals surface area contributed by atoms with Gasteiger partial charge in [-0.05, 0) is 12.8 Å². The molecule has 0 saturated carbocycles. The van der Waals surface area contributed by atoms with Gasteiger partial charge in [0.05, 0.1) is 24.3 Å². The highest BCUT2D eigenvalue weighted by molar-refractivity contribution is 5.56. The van der Waals surface area contributed by atoms with Crippen LogP contribution in [0.3, 0.4) is 0 Å². The van der Waals surface area contributed by atoms with E-state index in [2.05, 4.69) is 26.0 Å². The van der Waals surface area contributed by atoms with E-state index in [1.165, 1.54) is 51.4 Å². The van der Waals surface area contributed by atoms with Crippen LogP contribution < -0.4 is 9.47 Å². The summed E-state index contributed by atoms with van der Waals surface area (Å²) in [7, 11) is 0. The number of rotatable bonds is 16. The molecule has 0 bridgehead atoms. The molecule has 0 saturated heterocycles. The van der Waals surface area contributed by atoms with Gasteiger partial charge in [-0.1, -0.05) is 78.1 Å². The molecule has 0 aromatic heterocycles. The van der Waals surface area contributed by atoms with E-state index in [4.69, 9.17) is 9.47 Å².